The molecule has 1 amide bonds. The highest BCUT2D eigenvalue weighted by Crippen LogP contribution is 2.55. The minimum Gasteiger partial charge on any atom is -0.378 e. The van der Waals surface area contributed by atoms with Crippen LogP contribution in [0.5, 0.6) is 0 Å². The van der Waals surface area contributed by atoms with E-state index in [1.165, 1.54) is 12.5 Å². The topological polar surface area (TPSA) is 94.7 Å². The van der Waals surface area contributed by atoms with E-state index < -0.39 is 10.5 Å². The van der Waals surface area contributed by atoms with E-state index in [9.17, 15) is 19.7 Å². The smallest absolute Gasteiger partial charge is 0.285 e. The van der Waals surface area contributed by atoms with Crippen molar-refractivity contribution < 1.29 is 14.5 Å². The van der Waals surface area contributed by atoms with Crippen LogP contribution in [-0.2, 0) is 16.1 Å². The first-order valence-electron chi connectivity index (χ1n) is 10.7. The number of amides is 1. The summed E-state index contributed by atoms with van der Waals surface area (Å²) >= 11 is 0. The summed E-state index contributed by atoms with van der Waals surface area (Å²) in [5.41, 5.74) is -0.593. The number of carbonyl (C=O) groups excluding carboxylic acids is 1. The molecule has 0 unspecified atom stereocenters. The monoisotopic (exact) mass is 405 g/mol. The molecule has 2 atom stereocenters. The number of hydrogen-bond donors (Lipinski definition) is 0. The molecule has 2 aliphatic carbocycles. The zero-order valence-electron chi connectivity index (χ0n) is 17.3. The Balaban J connectivity index is 1.82. The van der Waals surface area contributed by atoms with Gasteiger partial charge in [0.1, 0.15) is 6.54 Å². The highest BCUT2D eigenvalue weighted by atomic mass is 16.6. The van der Waals surface area contributed by atoms with Gasteiger partial charge in [-0.2, -0.15) is 0 Å². The summed E-state index contributed by atoms with van der Waals surface area (Å²) in [5, 5.41) is 11.0. The van der Waals surface area contributed by atoms with Crippen LogP contribution in [-0.4, -0.2) is 45.6 Å². The predicted octanol–water partition coefficient (Wildman–Crippen LogP) is 3.12. The Morgan fingerprint density at radius 2 is 2.03 bits per heavy atom. The maximum Gasteiger partial charge on any atom is 0.285 e. The van der Waals surface area contributed by atoms with Gasteiger partial charge in [0.25, 0.3) is 11.2 Å². The Kier molecular flexibility index (Phi) is 6.72. The zero-order chi connectivity index (χ0) is 21.0. The van der Waals surface area contributed by atoms with E-state index in [-0.39, 0.29) is 35.7 Å². The molecule has 29 heavy (non-hydrogen) atoms. The lowest BCUT2D eigenvalue weighted by atomic mass is 9.54. The fraction of sp³-hybridized carbons (Fsp3) is 0.714. The molecule has 0 saturated heterocycles. The van der Waals surface area contributed by atoms with E-state index in [1.54, 1.807) is 0 Å². The van der Waals surface area contributed by atoms with Crippen LogP contribution in [0.2, 0.25) is 0 Å². The van der Waals surface area contributed by atoms with Crippen molar-refractivity contribution in [3.05, 3.63) is 38.8 Å². The molecule has 1 aromatic heterocycles. The first kappa shape index (κ1) is 21.5. The summed E-state index contributed by atoms with van der Waals surface area (Å²) in [6, 6.07) is 2.43. The lowest BCUT2D eigenvalue weighted by molar-refractivity contribution is -0.385. The SMILES string of the molecule is CCCN(C(=O)Cn1cc([N+](=O)[O-])ccc1=O)[C@H]1C[C@H](OCC)C12CCCCC2. The number of nitrogens with zero attached hydrogens (tertiary/aromatic N) is 3. The van der Waals surface area contributed by atoms with Crippen LogP contribution in [0, 0.1) is 15.5 Å². The lowest BCUT2D eigenvalue weighted by Gasteiger charge is -2.60. The Bertz CT molecular complexity index is 800. The van der Waals surface area contributed by atoms with Crippen molar-refractivity contribution in [2.75, 3.05) is 13.2 Å². The van der Waals surface area contributed by atoms with E-state index >= 15 is 0 Å². The van der Waals surface area contributed by atoms with E-state index in [0.717, 1.165) is 55.4 Å². The van der Waals surface area contributed by atoms with Crippen LogP contribution in [0.1, 0.15) is 58.8 Å². The number of rotatable bonds is 8. The summed E-state index contributed by atoms with van der Waals surface area (Å²) in [5.74, 6) is -0.153. The molecular formula is C21H31N3O5. The highest BCUT2D eigenvalue weighted by Gasteiger charge is 2.58. The van der Waals surface area contributed by atoms with Crippen molar-refractivity contribution in [3.63, 3.8) is 0 Å². The number of carbonyl (C=O) groups is 1. The van der Waals surface area contributed by atoms with Gasteiger partial charge in [-0.3, -0.25) is 24.3 Å². The van der Waals surface area contributed by atoms with Crippen LogP contribution < -0.4 is 5.56 Å². The molecule has 0 N–H and O–H groups in total. The average molecular weight is 405 g/mol. The molecular weight excluding hydrogens is 374 g/mol. The van der Waals surface area contributed by atoms with Crippen LogP contribution >= 0.6 is 0 Å². The number of nitro groups is 1. The molecule has 3 rings (SSSR count). The van der Waals surface area contributed by atoms with Gasteiger partial charge in [-0.05, 0) is 32.6 Å². The fourth-order valence-corrected chi connectivity index (χ4v) is 5.15. The molecule has 1 heterocycles. The third-order valence-corrected chi connectivity index (χ3v) is 6.54. The summed E-state index contributed by atoms with van der Waals surface area (Å²) in [6.07, 6.45) is 8.63. The van der Waals surface area contributed by atoms with Gasteiger partial charge in [-0.1, -0.05) is 26.2 Å². The van der Waals surface area contributed by atoms with Gasteiger partial charge < -0.3 is 9.64 Å². The van der Waals surface area contributed by atoms with Gasteiger partial charge in [0.15, 0.2) is 0 Å². The Morgan fingerprint density at radius 3 is 2.66 bits per heavy atom. The molecule has 0 aromatic carbocycles. The lowest BCUT2D eigenvalue weighted by Crippen LogP contribution is -2.66. The third kappa shape index (κ3) is 4.22. The second-order valence-electron chi connectivity index (χ2n) is 8.19. The molecule has 2 saturated carbocycles. The predicted molar refractivity (Wildman–Crippen MR) is 109 cm³/mol. The second-order valence-corrected chi connectivity index (χ2v) is 8.19. The number of hydrogen-bond acceptors (Lipinski definition) is 5. The summed E-state index contributed by atoms with van der Waals surface area (Å²) in [4.78, 5) is 37.7. The zero-order valence-corrected chi connectivity index (χ0v) is 17.3. The minimum absolute atomic E-state index is 0.00668. The fourth-order valence-electron chi connectivity index (χ4n) is 5.15. The van der Waals surface area contributed by atoms with Crippen LogP contribution in [0.15, 0.2) is 23.1 Å². The maximum absolute atomic E-state index is 13.2. The summed E-state index contributed by atoms with van der Waals surface area (Å²) in [6.45, 7) is 5.16. The van der Waals surface area contributed by atoms with Gasteiger partial charge >= 0.3 is 0 Å². The van der Waals surface area contributed by atoms with Gasteiger partial charge in [-0.25, -0.2) is 0 Å². The quantitative estimate of drug-likeness (QED) is 0.489. The van der Waals surface area contributed by atoms with Crippen molar-refractivity contribution in [3.8, 4) is 0 Å². The van der Waals surface area contributed by atoms with Crippen molar-refractivity contribution in [1.82, 2.24) is 9.47 Å². The number of ether oxygens (including phenoxy) is 1. The van der Waals surface area contributed by atoms with E-state index in [4.69, 9.17) is 4.74 Å². The van der Waals surface area contributed by atoms with E-state index in [0.29, 0.717) is 13.2 Å². The van der Waals surface area contributed by atoms with Gasteiger partial charge in [0, 0.05) is 36.7 Å². The van der Waals surface area contributed by atoms with Crippen molar-refractivity contribution >= 4 is 11.6 Å². The van der Waals surface area contributed by atoms with Gasteiger partial charge in [-0.15, -0.1) is 0 Å². The first-order valence-corrected chi connectivity index (χ1v) is 10.7. The third-order valence-electron chi connectivity index (χ3n) is 6.54. The Hall–Kier alpha value is -2.22. The molecule has 1 spiro atoms. The molecule has 8 heteroatoms. The molecule has 160 valence electrons. The van der Waals surface area contributed by atoms with E-state index in [2.05, 4.69) is 0 Å². The Labute approximate surface area is 171 Å². The van der Waals surface area contributed by atoms with E-state index in [1.807, 2.05) is 18.7 Å². The Morgan fingerprint density at radius 1 is 1.31 bits per heavy atom. The van der Waals surface area contributed by atoms with Crippen molar-refractivity contribution in [2.24, 2.45) is 5.41 Å². The number of pyridine rings is 1. The highest BCUT2D eigenvalue weighted by molar-refractivity contribution is 5.76. The minimum atomic E-state index is -0.556. The molecule has 0 aliphatic heterocycles. The van der Waals surface area contributed by atoms with Crippen molar-refractivity contribution in [2.45, 2.75) is 77.5 Å². The molecule has 0 radical (unpaired) electrons. The maximum atomic E-state index is 13.2. The van der Waals surface area contributed by atoms with Gasteiger partial charge in [0.2, 0.25) is 5.91 Å². The molecule has 2 fully saturated rings. The standard InChI is InChI=1S/C21H31N3O5/c1-3-12-23(17-13-18(29-4-2)21(17)10-6-5-7-11-21)20(26)15-22-14-16(24(27)28)8-9-19(22)25/h8-9,14,17-18H,3-7,10-13,15H2,1-2H3/t17-,18-/m0/s1. The summed E-state index contributed by atoms with van der Waals surface area (Å²) in [7, 11) is 0. The molecule has 2 aliphatic rings. The normalized spacial score (nSPS) is 22.8. The molecule has 8 nitrogen and oxygen atoms in total. The van der Waals surface area contributed by atoms with Crippen LogP contribution in [0.4, 0.5) is 5.69 Å². The number of aromatic nitrogens is 1. The first-order chi connectivity index (χ1) is 13.9. The summed E-state index contributed by atoms with van der Waals surface area (Å²) < 4.78 is 7.17. The van der Waals surface area contributed by atoms with Crippen molar-refractivity contribution in [1.29, 1.82) is 0 Å². The van der Waals surface area contributed by atoms with Crippen LogP contribution in [0.25, 0.3) is 0 Å². The van der Waals surface area contributed by atoms with Crippen LogP contribution in [0.3, 0.4) is 0 Å². The second kappa shape index (κ2) is 9.07. The van der Waals surface area contributed by atoms with Gasteiger partial charge in [0.05, 0.1) is 17.2 Å². The molecule has 0 bridgehead atoms. The molecule has 1 aromatic rings. The average Bonchev–Trinajstić information content (AvgIpc) is 2.71. The largest absolute Gasteiger partial charge is 0.378 e.